The third-order valence-corrected chi connectivity index (χ3v) is 6.56. The molecule has 4 aromatic rings. The highest BCUT2D eigenvalue weighted by molar-refractivity contribution is 7.22. The lowest BCUT2D eigenvalue weighted by Gasteiger charge is -2.27. The Labute approximate surface area is 188 Å². The molecule has 1 aromatic carbocycles. The number of nitrogens with one attached hydrogen (secondary N) is 1. The summed E-state index contributed by atoms with van der Waals surface area (Å²) < 4.78 is 21.2. The second kappa shape index (κ2) is 9.22. The molecule has 0 spiro atoms. The molecule has 3 heterocycles. The minimum Gasteiger partial charge on any atom is -0.457 e. The molecule has 1 aliphatic carbocycles. The largest absolute Gasteiger partial charge is 0.457 e. The Morgan fingerprint density at radius 2 is 2.06 bits per heavy atom. The van der Waals surface area contributed by atoms with Crippen LogP contribution in [0.5, 0.6) is 11.5 Å². The number of hydrogen-bond donors (Lipinski definition) is 2. The van der Waals surface area contributed by atoms with Gasteiger partial charge in [0.15, 0.2) is 5.13 Å². The van der Waals surface area contributed by atoms with Crippen LogP contribution in [0.3, 0.4) is 0 Å². The van der Waals surface area contributed by atoms with Crippen molar-refractivity contribution in [1.82, 2.24) is 19.7 Å². The van der Waals surface area contributed by atoms with Gasteiger partial charge < -0.3 is 15.2 Å². The Balaban J connectivity index is 1.31. The van der Waals surface area contributed by atoms with E-state index in [1.807, 2.05) is 24.3 Å². The van der Waals surface area contributed by atoms with E-state index < -0.39 is 6.67 Å². The van der Waals surface area contributed by atoms with Crippen molar-refractivity contribution < 1.29 is 14.2 Å². The lowest BCUT2D eigenvalue weighted by atomic mass is 9.93. The first-order valence-electron chi connectivity index (χ1n) is 10.8. The average Bonchev–Trinajstić information content (AvgIpc) is 3.42. The number of aliphatic hydroxyl groups excluding tert-OH is 1. The van der Waals surface area contributed by atoms with Crippen LogP contribution < -0.4 is 10.1 Å². The summed E-state index contributed by atoms with van der Waals surface area (Å²) in [5.74, 6) is 1.36. The standard InChI is InChI=1S/C23H24FN5O2S/c24-8-10-29-14-15(13-26-29)20-11-17(7-9-25-20)31-16-5-6-19-22(12-16)32-23(28-19)27-18-3-1-2-4-21(18)30/h5-7,9,11-14,18,21,30H,1-4,8,10H2,(H,27,28)/t18-,21?/m1/s1. The van der Waals surface area contributed by atoms with E-state index in [1.54, 1.807) is 40.7 Å². The van der Waals surface area contributed by atoms with E-state index in [0.29, 0.717) is 17.2 Å². The fraction of sp³-hybridized carbons (Fsp3) is 0.348. The van der Waals surface area contributed by atoms with Crippen molar-refractivity contribution in [2.24, 2.45) is 0 Å². The van der Waals surface area contributed by atoms with Crippen molar-refractivity contribution in [3.63, 3.8) is 0 Å². The van der Waals surface area contributed by atoms with Crippen LogP contribution >= 0.6 is 11.3 Å². The highest BCUT2D eigenvalue weighted by atomic mass is 32.1. The lowest BCUT2D eigenvalue weighted by Crippen LogP contribution is -2.36. The monoisotopic (exact) mass is 453 g/mol. The summed E-state index contributed by atoms with van der Waals surface area (Å²) >= 11 is 1.56. The van der Waals surface area contributed by atoms with Gasteiger partial charge in [0.05, 0.1) is 40.8 Å². The number of nitrogens with zero attached hydrogens (tertiary/aromatic N) is 4. The molecule has 9 heteroatoms. The number of pyridine rings is 1. The third-order valence-electron chi connectivity index (χ3n) is 5.61. The van der Waals surface area contributed by atoms with Gasteiger partial charge in [0.25, 0.3) is 0 Å². The number of hydrogen-bond acceptors (Lipinski definition) is 7. The first-order chi connectivity index (χ1) is 15.7. The fourth-order valence-electron chi connectivity index (χ4n) is 3.94. The van der Waals surface area contributed by atoms with Crippen molar-refractivity contribution in [3.05, 3.63) is 48.9 Å². The molecule has 0 bridgehead atoms. The van der Waals surface area contributed by atoms with Crippen molar-refractivity contribution >= 4 is 26.7 Å². The number of thiazole rings is 1. The predicted molar refractivity (Wildman–Crippen MR) is 123 cm³/mol. The maximum absolute atomic E-state index is 12.5. The summed E-state index contributed by atoms with van der Waals surface area (Å²) in [6, 6.07) is 9.49. The average molecular weight is 454 g/mol. The van der Waals surface area contributed by atoms with Crippen molar-refractivity contribution in [2.75, 3.05) is 12.0 Å². The fourth-order valence-corrected chi connectivity index (χ4v) is 4.90. The van der Waals surface area contributed by atoms with E-state index in [1.165, 1.54) is 0 Å². The number of halogens is 1. The van der Waals surface area contributed by atoms with Crippen LogP contribution in [0, 0.1) is 0 Å². The number of aryl methyl sites for hydroxylation is 1. The first-order valence-corrected chi connectivity index (χ1v) is 11.6. The number of aromatic nitrogens is 4. The first kappa shape index (κ1) is 20.8. The second-order valence-electron chi connectivity index (χ2n) is 7.91. The third kappa shape index (κ3) is 4.58. The van der Waals surface area contributed by atoms with Crippen LogP contribution in [0.25, 0.3) is 21.5 Å². The highest BCUT2D eigenvalue weighted by Gasteiger charge is 2.23. The number of alkyl halides is 1. The van der Waals surface area contributed by atoms with Crippen LogP contribution in [0.15, 0.2) is 48.9 Å². The van der Waals surface area contributed by atoms with Crippen molar-refractivity contribution in [1.29, 1.82) is 0 Å². The SMILES string of the molecule is OC1CCCC[C@H]1Nc1nc2ccc(Oc3ccnc(-c4cnn(CCF)c4)c3)cc2s1. The Kier molecular flexibility index (Phi) is 6.00. The van der Waals surface area contributed by atoms with Gasteiger partial charge >= 0.3 is 0 Å². The lowest BCUT2D eigenvalue weighted by molar-refractivity contribution is 0.116. The van der Waals surface area contributed by atoms with Gasteiger partial charge in [0.1, 0.15) is 18.2 Å². The number of rotatable bonds is 7. The Morgan fingerprint density at radius 3 is 2.94 bits per heavy atom. The summed E-state index contributed by atoms with van der Waals surface area (Å²) in [6.07, 6.45) is 8.81. The summed E-state index contributed by atoms with van der Waals surface area (Å²) in [5, 5.41) is 18.6. The number of fused-ring (bicyclic) bond motifs is 1. The topological polar surface area (TPSA) is 85.1 Å². The van der Waals surface area contributed by atoms with Gasteiger partial charge in [-0.3, -0.25) is 9.67 Å². The van der Waals surface area contributed by atoms with E-state index in [-0.39, 0.29) is 18.7 Å². The Bertz CT molecular complexity index is 1210. The number of benzene rings is 1. The van der Waals surface area contributed by atoms with E-state index in [2.05, 4.69) is 20.4 Å². The molecular weight excluding hydrogens is 429 g/mol. The molecule has 3 aromatic heterocycles. The molecule has 1 saturated carbocycles. The second-order valence-corrected chi connectivity index (χ2v) is 8.94. The predicted octanol–water partition coefficient (Wildman–Crippen LogP) is 5.03. The zero-order chi connectivity index (χ0) is 21.9. The van der Waals surface area contributed by atoms with Gasteiger partial charge in [-0.2, -0.15) is 5.10 Å². The molecule has 32 heavy (non-hydrogen) atoms. The molecule has 2 atom stereocenters. The van der Waals surface area contributed by atoms with E-state index in [0.717, 1.165) is 46.6 Å². The van der Waals surface area contributed by atoms with E-state index >= 15 is 0 Å². The van der Waals surface area contributed by atoms with Gasteiger partial charge in [-0.1, -0.05) is 24.2 Å². The maximum atomic E-state index is 12.5. The zero-order valence-electron chi connectivity index (χ0n) is 17.4. The molecule has 7 nitrogen and oxygen atoms in total. The van der Waals surface area contributed by atoms with Crippen LogP contribution in [0.2, 0.25) is 0 Å². The molecule has 1 fully saturated rings. The summed E-state index contributed by atoms with van der Waals surface area (Å²) in [4.78, 5) is 9.03. The summed E-state index contributed by atoms with van der Waals surface area (Å²) in [6.45, 7) is -0.238. The molecule has 0 aliphatic heterocycles. The van der Waals surface area contributed by atoms with Crippen LogP contribution in [0.1, 0.15) is 25.7 Å². The summed E-state index contributed by atoms with van der Waals surface area (Å²) in [7, 11) is 0. The van der Waals surface area contributed by atoms with E-state index in [4.69, 9.17) is 4.74 Å². The molecule has 0 radical (unpaired) electrons. The van der Waals surface area contributed by atoms with Gasteiger partial charge in [0, 0.05) is 30.1 Å². The quantitative estimate of drug-likeness (QED) is 0.408. The zero-order valence-corrected chi connectivity index (χ0v) is 18.3. The molecule has 0 saturated heterocycles. The van der Waals surface area contributed by atoms with Gasteiger partial charge in [-0.05, 0) is 31.0 Å². The van der Waals surface area contributed by atoms with Gasteiger partial charge in [-0.15, -0.1) is 0 Å². The number of anilines is 1. The van der Waals surface area contributed by atoms with Gasteiger partial charge in [-0.25, -0.2) is 9.37 Å². The molecular formula is C23H24FN5O2S. The minimum absolute atomic E-state index is 0.0598. The minimum atomic E-state index is -0.462. The van der Waals surface area contributed by atoms with Crippen molar-refractivity contribution in [2.45, 2.75) is 44.4 Å². The Morgan fingerprint density at radius 1 is 1.19 bits per heavy atom. The van der Waals surface area contributed by atoms with Crippen LogP contribution in [-0.2, 0) is 6.54 Å². The molecule has 0 amide bonds. The molecule has 1 unspecified atom stereocenters. The van der Waals surface area contributed by atoms with Crippen molar-refractivity contribution in [3.8, 4) is 22.8 Å². The molecule has 1 aliphatic rings. The summed E-state index contributed by atoms with van der Waals surface area (Å²) in [5.41, 5.74) is 2.41. The molecule has 2 N–H and O–H groups in total. The number of aliphatic hydroxyl groups is 1. The normalized spacial score (nSPS) is 18.7. The van der Waals surface area contributed by atoms with Gasteiger partial charge in [0.2, 0.25) is 0 Å². The number of ether oxygens (including phenoxy) is 1. The smallest absolute Gasteiger partial charge is 0.184 e. The van der Waals surface area contributed by atoms with Crippen LogP contribution in [0.4, 0.5) is 9.52 Å². The maximum Gasteiger partial charge on any atom is 0.184 e. The molecule has 5 rings (SSSR count). The molecule has 166 valence electrons. The highest BCUT2D eigenvalue weighted by Crippen LogP contribution is 2.33. The van der Waals surface area contributed by atoms with E-state index in [9.17, 15) is 9.50 Å². The van der Waals surface area contributed by atoms with Crippen LogP contribution in [-0.4, -0.2) is 43.7 Å². The Hall–Kier alpha value is -3.04.